The number of hydrogen-bond donors (Lipinski definition) is 9. The lowest BCUT2D eigenvalue weighted by Crippen LogP contribution is -2.41. The maximum atomic E-state index is 13.5. The lowest BCUT2D eigenvalue weighted by molar-refractivity contribution is -0.155. The minimum Gasteiger partial charge on any atom is -0.455 e. The number of phosphoric ester groups is 2. The van der Waals surface area contributed by atoms with Gasteiger partial charge in [0, 0.05) is 11.9 Å². The number of anilines is 3. The van der Waals surface area contributed by atoms with E-state index in [1.54, 1.807) is 24.3 Å². The highest BCUT2D eigenvalue weighted by Gasteiger charge is 2.52. The van der Waals surface area contributed by atoms with Gasteiger partial charge in [-0.2, -0.15) is 4.98 Å². The van der Waals surface area contributed by atoms with E-state index in [1.165, 1.54) is 35.2 Å². The van der Waals surface area contributed by atoms with Crippen LogP contribution >= 0.6 is 15.6 Å². The molecule has 28 nitrogen and oxygen atoms in total. The van der Waals surface area contributed by atoms with E-state index in [1.807, 2.05) is 0 Å². The molecule has 0 radical (unpaired) electrons. The van der Waals surface area contributed by atoms with Gasteiger partial charge in [0.05, 0.1) is 26.0 Å². The maximum Gasteiger partial charge on any atom is 0.472 e. The average Bonchev–Trinajstić information content (AvgIpc) is 3.94. The molecule has 7 rings (SSSR count). The average molecular weight is 995 g/mol. The number of alkyl carbamates (subject to hydrolysis) is 1. The van der Waals surface area contributed by atoms with Crippen molar-refractivity contribution >= 4 is 62.1 Å². The van der Waals surface area contributed by atoms with Crippen LogP contribution in [0.25, 0.3) is 11.2 Å². The van der Waals surface area contributed by atoms with Crippen LogP contribution in [0.1, 0.15) is 23.6 Å². The SMILES string of the molecule is Nc1ccn([C@@H]2O[C@H](COP(=O)(O)O)[C@@H](OP(=O)(O)OC[C@H]3O[C@@H](n4cnc5c(N)ncnc54)[C@H](O)[C@@H]3OC(=O)CNC(=O)OCc3ccc(NC(=O)Cc4ccc(F)cc4)cc3)[C@H]2O)c(=O)n1. The first-order valence-electron chi connectivity index (χ1n) is 19.8. The topological polar surface area (TPSA) is 406 Å². The van der Waals surface area contributed by atoms with E-state index >= 15 is 0 Å². The number of nitrogens with two attached hydrogens (primary N) is 2. The molecule has 3 aromatic heterocycles. The normalized spacial score (nSPS) is 23.5. The molecule has 5 heterocycles. The number of hydrogen-bond acceptors (Lipinski definition) is 21. The number of benzene rings is 2. The van der Waals surface area contributed by atoms with Gasteiger partial charge in [-0.15, -0.1) is 0 Å². The predicted octanol–water partition coefficient (Wildman–Crippen LogP) is -0.466. The third-order valence-electron chi connectivity index (χ3n) is 10.00. The molecule has 0 spiro atoms. The van der Waals surface area contributed by atoms with Crippen LogP contribution in [0.5, 0.6) is 0 Å². The number of halogens is 1. The van der Waals surface area contributed by atoms with E-state index in [-0.39, 0.29) is 41.7 Å². The number of rotatable bonds is 18. The first-order chi connectivity index (χ1) is 32.2. The van der Waals surface area contributed by atoms with Gasteiger partial charge < -0.3 is 65.9 Å². The van der Waals surface area contributed by atoms with Crippen molar-refractivity contribution in [2.75, 3.05) is 36.5 Å². The Morgan fingerprint density at radius 2 is 1.49 bits per heavy atom. The van der Waals surface area contributed by atoms with Crippen LogP contribution in [0.3, 0.4) is 0 Å². The molecule has 0 aliphatic carbocycles. The van der Waals surface area contributed by atoms with Crippen LogP contribution in [-0.4, -0.2) is 128 Å². The molecule has 2 aliphatic rings. The number of esters is 1. The summed E-state index contributed by atoms with van der Waals surface area (Å²) in [5.74, 6) is -2.18. The largest absolute Gasteiger partial charge is 0.472 e. The molecule has 364 valence electrons. The standard InChI is InChI=1S/C37H41FN10O18P2/c38-20-5-1-18(2-6-20)11-25(49)45-21-7-3-19(4-8-21)13-60-37(54)41-12-26(50)65-30-22(63-35(28(30)51)48-17-44-27-32(40)42-16-43-33(27)48)15-62-68(58,59)66-31-23(14-61-67(55,56)57)64-34(29(31)52)47-10-9-24(39)46-36(47)53/h1-10,16-17,22-23,28-31,34-35,51-52H,11-15H2,(H,41,54)(H,45,49)(H,58,59)(H2,39,46,53)(H2,40,42,43)(H2,55,56,57)/t22-,23-,28-,29-,30-,31-,34-,35-/m1/s1. The number of nitrogens with zero attached hydrogens (tertiary/aromatic N) is 6. The van der Waals surface area contributed by atoms with Crippen LogP contribution in [-0.2, 0) is 64.3 Å². The number of aromatic nitrogens is 6. The summed E-state index contributed by atoms with van der Waals surface area (Å²) >= 11 is 0. The highest BCUT2D eigenvalue weighted by molar-refractivity contribution is 7.47. The second-order valence-electron chi connectivity index (χ2n) is 14.8. The molecular formula is C37H41FN10O18P2. The molecule has 9 atom stereocenters. The third kappa shape index (κ3) is 12.4. The van der Waals surface area contributed by atoms with E-state index in [9.17, 15) is 57.6 Å². The first-order valence-corrected chi connectivity index (χ1v) is 22.8. The van der Waals surface area contributed by atoms with E-state index in [4.69, 9.17) is 39.5 Å². The van der Waals surface area contributed by atoms with Gasteiger partial charge in [0.1, 0.15) is 67.2 Å². The Bertz CT molecular complexity index is 2780. The Labute approximate surface area is 380 Å². The summed E-state index contributed by atoms with van der Waals surface area (Å²) in [5, 5.41) is 27.5. The van der Waals surface area contributed by atoms with Gasteiger partial charge in [-0.1, -0.05) is 24.3 Å². The van der Waals surface area contributed by atoms with Crippen LogP contribution in [0.2, 0.25) is 0 Å². The van der Waals surface area contributed by atoms with Crippen LogP contribution in [0.4, 0.5) is 26.5 Å². The van der Waals surface area contributed by atoms with Gasteiger partial charge in [0.2, 0.25) is 5.91 Å². The van der Waals surface area contributed by atoms with Crippen molar-refractivity contribution in [2.45, 2.75) is 62.1 Å². The lowest BCUT2D eigenvalue weighted by Gasteiger charge is -2.25. The number of carbonyl (C=O) groups excluding carboxylic acids is 3. The van der Waals surface area contributed by atoms with Crippen molar-refractivity contribution in [3.8, 4) is 0 Å². The van der Waals surface area contributed by atoms with E-state index in [0.29, 0.717) is 16.8 Å². The number of aliphatic hydroxyl groups excluding tert-OH is 2. The quantitative estimate of drug-likeness (QED) is 0.0396. The fourth-order valence-electron chi connectivity index (χ4n) is 6.86. The smallest absolute Gasteiger partial charge is 0.455 e. The molecule has 2 aliphatic heterocycles. The Morgan fingerprint density at radius 3 is 2.18 bits per heavy atom. The number of carbonyl (C=O) groups is 3. The van der Waals surface area contributed by atoms with E-state index in [2.05, 4.69) is 35.1 Å². The highest BCUT2D eigenvalue weighted by atomic mass is 31.2. The molecule has 1 unspecified atom stereocenters. The van der Waals surface area contributed by atoms with Crippen molar-refractivity contribution in [1.29, 1.82) is 0 Å². The summed E-state index contributed by atoms with van der Waals surface area (Å²) in [6.45, 7) is -3.14. The Kier molecular flexibility index (Phi) is 15.2. The van der Waals surface area contributed by atoms with Crippen molar-refractivity contribution in [3.05, 3.63) is 101 Å². The Balaban J connectivity index is 0.979. The second kappa shape index (κ2) is 20.9. The van der Waals surface area contributed by atoms with Gasteiger partial charge >= 0.3 is 33.4 Å². The molecule has 68 heavy (non-hydrogen) atoms. The zero-order valence-electron chi connectivity index (χ0n) is 34.7. The minimum absolute atomic E-state index is 0.00632. The van der Waals surface area contributed by atoms with Gasteiger partial charge in [0.15, 0.2) is 30.0 Å². The second-order valence-corrected chi connectivity index (χ2v) is 17.4. The summed E-state index contributed by atoms with van der Waals surface area (Å²) in [5.41, 5.74) is 12.1. The number of amides is 2. The van der Waals surface area contributed by atoms with Crippen molar-refractivity contribution < 1.29 is 85.3 Å². The summed E-state index contributed by atoms with van der Waals surface area (Å²) < 4.78 is 77.0. The summed E-state index contributed by atoms with van der Waals surface area (Å²) in [6, 6.07) is 12.9. The highest BCUT2D eigenvalue weighted by Crippen LogP contribution is 2.50. The maximum absolute atomic E-state index is 13.5. The number of fused-ring (bicyclic) bond motifs is 1. The zero-order valence-corrected chi connectivity index (χ0v) is 36.5. The van der Waals surface area contributed by atoms with Crippen LogP contribution in [0.15, 0.2) is 78.2 Å². The van der Waals surface area contributed by atoms with E-state index in [0.717, 1.165) is 23.2 Å². The number of nitrogens with one attached hydrogen (secondary N) is 2. The molecule has 2 fully saturated rings. The molecule has 0 bridgehead atoms. The monoisotopic (exact) mass is 994 g/mol. The van der Waals surface area contributed by atoms with Crippen LogP contribution < -0.4 is 27.8 Å². The molecule has 2 amide bonds. The van der Waals surface area contributed by atoms with Crippen molar-refractivity contribution in [1.82, 2.24) is 34.4 Å². The Hall–Kier alpha value is -6.33. The van der Waals surface area contributed by atoms with Crippen LogP contribution in [0, 0.1) is 5.82 Å². The Morgan fingerprint density at radius 1 is 0.838 bits per heavy atom. The number of aliphatic hydroxyl groups is 2. The molecule has 5 aromatic rings. The molecule has 11 N–H and O–H groups in total. The van der Waals surface area contributed by atoms with Gasteiger partial charge in [0.25, 0.3) is 0 Å². The number of nitrogen functional groups attached to an aromatic ring is 2. The molecule has 0 saturated carbocycles. The van der Waals surface area contributed by atoms with Gasteiger partial charge in [-0.05, 0) is 41.5 Å². The van der Waals surface area contributed by atoms with Gasteiger partial charge in [-0.3, -0.25) is 32.3 Å². The molecular weight excluding hydrogens is 953 g/mol. The fourth-order valence-corrected chi connectivity index (χ4v) is 8.16. The minimum atomic E-state index is -5.43. The lowest BCUT2D eigenvalue weighted by atomic mass is 10.1. The van der Waals surface area contributed by atoms with Crippen molar-refractivity contribution in [3.63, 3.8) is 0 Å². The van der Waals surface area contributed by atoms with Gasteiger partial charge in [-0.25, -0.2) is 38.1 Å². The molecule has 31 heteroatoms. The number of phosphoric acid groups is 2. The fraction of sp³-hybridized carbons (Fsp3) is 0.351. The summed E-state index contributed by atoms with van der Waals surface area (Å²) in [6.07, 6.45) is -11.8. The summed E-state index contributed by atoms with van der Waals surface area (Å²) in [7, 11) is -10.6. The van der Waals surface area contributed by atoms with Crippen molar-refractivity contribution in [2.24, 2.45) is 0 Å². The predicted molar refractivity (Wildman–Crippen MR) is 224 cm³/mol. The summed E-state index contributed by atoms with van der Waals surface area (Å²) in [4.78, 5) is 95.6. The number of ether oxygens (including phenoxy) is 4. The number of imidazole rings is 1. The third-order valence-corrected chi connectivity index (χ3v) is 11.5. The van der Waals surface area contributed by atoms with E-state index < -0.39 is 108 Å². The molecule has 2 aromatic carbocycles. The molecule has 2 saturated heterocycles. The zero-order chi connectivity index (χ0) is 48.9. The first kappa shape index (κ1) is 49.6.